The van der Waals surface area contributed by atoms with Crippen molar-refractivity contribution in [2.75, 3.05) is 64.1 Å². The SMILES string of the molecule is CC[C@@H]1C[C@@H](C(=O)NCC2CCOCC2)CN(Cc2nc(N3CCOCC3)oc2C)C1. The molecule has 1 N–H and O–H groups in total. The van der Waals surface area contributed by atoms with Crippen LogP contribution >= 0.6 is 0 Å². The fraction of sp³-hybridized carbons (Fsp3) is 0.826. The summed E-state index contributed by atoms with van der Waals surface area (Å²) in [5.41, 5.74) is 0.986. The van der Waals surface area contributed by atoms with E-state index < -0.39 is 0 Å². The lowest BCUT2D eigenvalue weighted by Gasteiger charge is -2.37. The Bertz CT molecular complexity index is 712. The number of hydrogen-bond acceptors (Lipinski definition) is 7. The molecular weight excluding hydrogens is 396 g/mol. The maximum Gasteiger partial charge on any atom is 0.297 e. The molecule has 1 aromatic heterocycles. The third kappa shape index (κ3) is 5.99. The van der Waals surface area contributed by atoms with Gasteiger partial charge < -0.3 is 24.1 Å². The monoisotopic (exact) mass is 434 g/mol. The first-order chi connectivity index (χ1) is 15.1. The predicted molar refractivity (Wildman–Crippen MR) is 118 cm³/mol. The number of piperidine rings is 1. The minimum absolute atomic E-state index is 0.0458. The van der Waals surface area contributed by atoms with E-state index in [1.807, 2.05) is 6.92 Å². The van der Waals surface area contributed by atoms with Gasteiger partial charge in [-0.2, -0.15) is 4.98 Å². The number of carbonyl (C=O) groups is 1. The van der Waals surface area contributed by atoms with Gasteiger partial charge >= 0.3 is 0 Å². The van der Waals surface area contributed by atoms with Crippen molar-refractivity contribution in [3.8, 4) is 0 Å². The Morgan fingerprint density at radius 1 is 1.10 bits per heavy atom. The molecule has 3 aliphatic rings. The van der Waals surface area contributed by atoms with Crippen molar-refractivity contribution < 1.29 is 18.7 Å². The summed E-state index contributed by atoms with van der Waals surface area (Å²) in [6.07, 6.45) is 4.16. The summed E-state index contributed by atoms with van der Waals surface area (Å²) in [6, 6.07) is 0.700. The highest BCUT2D eigenvalue weighted by Crippen LogP contribution is 2.28. The number of nitrogens with zero attached hydrogens (tertiary/aromatic N) is 3. The van der Waals surface area contributed by atoms with Crippen molar-refractivity contribution >= 4 is 11.9 Å². The van der Waals surface area contributed by atoms with Crippen LogP contribution in [0.1, 0.15) is 44.1 Å². The van der Waals surface area contributed by atoms with Crippen LogP contribution in [0.4, 0.5) is 6.01 Å². The summed E-state index contributed by atoms with van der Waals surface area (Å²) in [6.45, 7) is 12.2. The number of likely N-dealkylation sites (tertiary alicyclic amines) is 1. The van der Waals surface area contributed by atoms with E-state index in [-0.39, 0.29) is 11.8 Å². The number of carbonyl (C=O) groups excluding carboxylic acids is 1. The van der Waals surface area contributed by atoms with Crippen LogP contribution in [0.5, 0.6) is 0 Å². The zero-order chi connectivity index (χ0) is 21.6. The van der Waals surface area contributed by atoms with Gasteiger partial charge in [0.15, 0.2) is 0 Å². The highest BCUT2D eigenvalue weighted by Gasteiger charge is 2.32. The van der Waals surface area contributed by atoms with Crippen LogP contribution in [-0.2, 0) is 20.8 Å². The molecule has 8 heteroatoms. The minimum atomic E-state index is 0.0458. The summed E-state index contributed by atoms with van der Waals surface area (Å²) in [7, 11) is 0. The number of oxazole rings is 1. The lowest BCUT2D eigenvalue weighted by Crippen LogP contribution is -2.47. The molecule has 0 aromatic carbocycles. The Kier molecular flexibility index (Phi) is 7.85. The Balaban J connectivity index is 1.34. The second kappa shape index (κ2) is 10.8. The Morgan fingerprint density at radius 3 is 2.58 bits per heavy atom. The van der Waals surface area contributed by atoms with Gasteiger partial charge in [-0.1, -0.05) is 13.3 Å². The summed E-state index contributed by atoms with van der Waals surface area (Å²) in [5, 5.41) is 3.24. The van der Waals surface area contributed by atoms with Gasteiger partial charge in [-0.25, -0.2) is 0 Å². The largest absolute Gasteiger partial charge is 0.429 e. The van der Waals surface area contributed by atoms with E-state index in [0.29, 0.717) is 31.1 Å². The number of aryl methyl sites for hydroxylation is 1. The average molecular weight is 435 g/mol. The third-order valence-electron chi connectivity index (χ3n) is 7.00. The molecule has 0 radical (unpaired) electrons. The molecule has 3 fully saturated rings. The van der Waals surface area contributed by atoms with Crippen LogP contribution in [0, 0.1) is 24.7 Å². The highest BCUT2D eigenvalue weighted by atomic mass is 16.5. The number of anilines is 1. The number of ether oxygens (including phenoxy) is 2. The molecule has 0 aliphatic carbocycles. The molecule has 0 saturated carbocycles. The smallest absolute Gasteiger partial charge is 0.297 e. The van der Waals surface area contributed by atoms with Gasteiger partial charge in [0.2, 0.25) is 5.91 Å². The number of nitrogens with one attached hydrogen (secondary N) is 1. The maximum atomic E-state index is 13.0. The molecule has 4 heterocycles. The molecule has 174 valence electrons. The number of aromatic nitrogens is 1. The number of amides is 1. The van der Waals surface area contributed by atoms with Crippen molar-refractivity contribution in [1.29, 1.82) is 0 Å². The second-order valence-corrected chi connectivity index (χ2v) is 9.30. The molecule has 0 spiro atoms. The summed E-state index contributed by atoms with van der Waals surface area (Å²) in [4.78, 5) is 22.3. The van der Waals surface area contributed by atoms with Gasteiger partial charge in [0.25, 0.3) is 6.01 Å². The maximum absolute atomic E-state index is 13.0. The first kappa shape index (κ1) is 22.6. The van der Waals surface area contributed by atoms with Crippen molar-refractivity contribution in [2.24, 2.45) is 17.8 Å². The van der Waals surface area contributed by atoms with Gasteiger partial charge in [-0.3, -0.25) is 9.69 Å². The molecule has 1 aromatic rings. The van der Waals surface area contributed by atoms with Crippen molar-refractivity contribution in [1.82, 2.24) is 15.2 Å². The Morgan fingerprint density at radius 2 is 1.84 bits per heavy atom. The first-order valence-corrected chi connectivity index (χ1v) is 12.0. The molecule has 2 atom stereocenters. The zero-order valence-electron chi connectivity index (χ0n) is 19.1. The zero-order valence-corrected chi connectivity index (χ0v) is 19.1. The van der Waals surface area contributed by atoms with E-state index in [1.165, 1.54) is 0 Å². The third-order valence-corrected chi connectivity index (χ3v) is 7.00. The van der Waals surface area contributed by atoms with Gasteiger partial charge in [0.05, 0.1) is 24.8 Å². The van der Waals surface area contributed by atoms with Crippen LogP contribution in [-0.4, -0.2) is 74.9 Å². The standard InChI is InChI=1S/C23H38N4O4/c1-3-18-12-20(22(28)24-13-19-4-8-29-9-5-19)15-26(14-18)16-21-17(2)31-23(25-21)27-6-10-30-11-7-27/h18-20H,3-16H2,1-2H3,(H,24,28)/t18-,20-/m1/s1. The van der Waals surface area contributed by atoms with Crippen molar-refractivity contribution in [3.05, 3.63) is 11.5 Å². The van der Waals surface area contributed by atoms with Crippen molar-refractivity contribution in [2.45, 2.75) is 46.1 Å². The van der Waals surface area contributed by atoms with Gasteiger partial charge in [-0.15, -0.1) is 0 Å². The van der Waals surface area contributed by atoms with Crippen LogP contribution in [0.2, 0.25) is 0 Å². The lowest BCUT2D eigenvalue weighted by molar-refractivity contribution is -0.128. The van der Waals surface area contributed by atoms with Gasteiger partial charge in [0.1, 0.15) is 5.76 Å². The van der Waals surface area contributed by atoms with Gasteiger partial charge in [-0.05, 0) is 38.0 Å². The average Bonchev–Trinajstić information content (AvgIpc) is 3.18. The molecule has 4 rings (SSSR count). The number of morpholine rings is 1. The molecule has 1 amide bonds. The molecule has 8 nitrogen and oxygen atoms in total. The summed E-state index contributed by atoms with van der Waals surface area (Å²) >= 11 is 0. The summed E-state index contributed by atoms with van der Waals surface area (Å²) in [5.74, 6) is 2.22. The number of rotatable bonds is 7. The van der Waals surface area contributed by atoms with Crippen molar-refractivity contribution in [3.63, 3.8) is 0 Å². The molecule has 0 bridgehead atoms. The highest BCUT2D eigenvalue weighted by molar-refractivity contribution is 5.79. The van der Waals surface area contributed by atoms with Crippen LogP contribution in [0.3, 0.4) is 0 Å². The Labute approximate surface area is 185 Å². The van der Waals surface area contributed by atoms with E-state index in [4.69, 9.17) is 18.9 Å². The predicted octanol–water partition coefficient (Wildman–Crippen LogP) is 2.21. The van der Waals surface area contributed by atoms with E-state index in [9.17, 15) is 4.79 Å². The molecule has 31 heavy (non-hydrogen) atoms. The van der Waals surface area contributed by atoms with E-state index >= 15 is 0 Å². The fourth-order valence-corrected chi connectivity index (χ4v) is 4.92. The van der Waals surface area contributed by atoms with E-state index in [0.717, 1.165) is 89.6 Å². The van der Waals surface area contributed by atoms with Gasteiger partial charge in [0, 0.05) is 52.5 Å². The molecular formula is C23H38N4O4. The Hall–Kier alpha value is -1.64. The van der Waals surface area contributed by atoms with E-state index in [1.54, 1.807) is 0 Å². The van der Waals surface area contributed by atoms with Crippen LogP contribution in [0.25, 0.3) is 0 Å². The quantitative estimate of drug-likeness (QED) is 0.705. The minimum Gasteiger partial charge on any atom is -0.429 e. The topological polar surface area (TPSA) is 80.1 Å². The van der Waals surface area contributed by atoms with E-state index in [2.05, 4.69) is 22.0 Å². The van der Waals surface area contributed by atoms with Crippen LogP contribution in [0.15, 0.2) is 4.42 Å². The second-order valence-electron chi connectivity index (χ2n) is 9.30. The molecule has 0 unspecified atom stereocenters. The molecule has 3 saturated heterocycles. The fourth-order valence-electron chi connectivity index (χ4n) is 4.92. The first-order valence-electron chi connectivity index (χ1n) is 12.0. The molecule has 3 aliphatic heterocycles. The normalized spacial score (nSPS) is 26.2. The van der Waals surface area contributed by atoms with Crippen LogP contribution < -0.4 is 10.2 Å². The number of hydrogen-bond donors (Lipinski definition) is 1. The lowest BCUT2D eigenvalue weighted by atomic mass is 9.86. The summed E-state index contributed by atoms with van der Waals surface area (Å²) < 4.78 is 16.8.